The van der Waals surface area contributed by atoms with Crippen molar-refractivity contribution in [1.82, 2.24) is 0 Å². The van der Waals surface area contributed by atoms with Crippen LogP contribution in [0.1, 0.15) is 278 Å². The van der Waals surface area contributed by atoms with Gasteiger partial charge in [0.15, 0.2) is 6.10 Å². The van der Waals surface area contributed by atoms with Crippen LogP contribution in [0.25, 0.3) is 0 Å². The van der Waals surface area contributed by atoms with E-state index in [2.05, 4.69) is 81.5 Å². The van der Waals surface area contributed by atoms with Crippen molar-refractivity contribution in [3.8, 4) is 0 Å². The molecule has 0 aromatic rings. The van der Waals surface area contributed by atoms with E-state index in [4.69, 9.17) is 14.2 Å². The quantitative estimate of drug-likeness (QED) is 0.0346. The zero-order chi connectivity index (χ0) is 46.3. The van der Waals surface area contributed by atoms with E-state index in [9.17, 15) is 9.59 Å². The minimum atomic E-state index is -0.549. The van der Waals surface area contributed by atoms with Gasteiger partial charge in [0, 0.05) is 19.4 Å². The summed E-state index contributed by atoms with van der Waals surface area (Å²) in [6, 6.07) is 0. The minimum absolute atomic E-state index is 0.0712. The van der Waals surface area contributed by atoms with Crippen molar-refractivity contribution >= 4 is 11.9 Å². The molecule has 0 fully saturated rings. The van der Waals surface area contributed by atoms with Crippen LogP contribution in [0.3, 0.4) is 0 Å². The van der Waals surface area contributed by atoms with E-state index < -0.39 is 6.10 Å². The van der Waals surface area contributed by atoms with Crippen LogP contribution in [0.5, 0.6) is 0 Å². The predicted molar refractivity (Wildman–Crippen MR) is 279 cm³/mol. The van der Waals surface area contributed by atoms with Crippen molar-refractivity contribution in [2.24, 2.45) is 0 Å². The molecule has 5 heteroatoms. The molecule has 0 aromatic heterocycles. The van der Waals surface area contributed by atoms with Gasteiger partial charge in [-0.05, 0) is 83.5 Å². The summed E-state index contributed by atoms with van der Waals surface area (Å²) in [5.41, 5.74) is 0. The Bertz CT molecular complexity index is 1100. The van der Waals surface area contributed by atoms with E-state index in [1.165, 1.54) is 148 Å². The molecule has 1 atom stereocenters. The minimum Gasteiger partial charge on any atom is -0.462 e. The number of hydrogen-bond donors (Lipinski definition) is 0. The SMILES string of the molecule is CC/C=C\C/C=C\C/C=C\C/C=C\CCCCCCC(=O)OC[C@@H](COCCCCCCCCCCCCCCCCCC)OC(=O)CCCCCCC/C=C\CCCCCCCC. The van der Waals surface area contributed by atoms with Gasteiger partial charge in [0.05, 0.1) is 6.61 Å². The van der Waals surface area contributed by atoms with E-state index in [-0.39, 0.29) is 25.2 Å². The maximum atomic E-state index is 12.8. The molecular weight excluding hydrogens is 789 g/mol. The molecule has 0 rings (SSSR count). The number of rotatable bonds is 51. The van der Waals surface area contributed by atoms with E-state index in [0.29, 0.717) is 19.4 Å². The molecule has 0 saturated heterocycles. The molecule has 372 valence electrons. The molecule has 5 nitrogen and oxygen atoms in total. The summed E-state index contributed by atoms with van der Waals surface area (Å²) >= 11 is 0. The second-order valence-corrected chi connectivity index (χ2v) is 18.5. The Balaban J connectivity index is 4.30. The van der Waals surface area contributed by atoms with Crippen molar-refractivity contribution in [3.05, 3.63) is 60.8 Å². The van der Waals surface area contributed by atoms with E-state index in [1.807, 2.05) is 0 Å². The zero-order valence-corrected chi connectivity index (χ0v) is 42.8. The number of ether oxygens (including phenoxy) is 3. The number of hydrogen-bond acceptors (Lipinski definition) is 5. The van der Waals surface area contributed by atoms with Crippen LogP contribution in [0, 0.1) is 0 Å². The first-order valence-electron chi connectivity index (χ1n) is 27.8. The molecule has 0 aliphatic heterocycles. The van der Waals surface area contributed by atoms with Crippen molar-refractivity contribution in [3.63, 3.8) is 0 Å². The highest BCUT2D eigenvalue weighted by molar-refractivity contribution is 5.70. The molecule has 0 heterocycles. The molecule has 0 spiro atoms. The largest absolute Gasteiger partial charge is 0.462 e. The van der Waals surface area contributed by atoms with Gasteiger partial charge in [-0.25, -0.2) is 0 Å². The number of esters is 2. The first kappa shape index (κ1) is 61.6. The summed E-state index contributed by atoms with van der Waals surface area (Å²) in [6.07, 6.45) is 69.5. The summed E-state index contributed by atoms with van der Waals surface area (Å²) in [6.45, 7) is 7.72. The first-order valence-corrected chi connectivity index (χ1v) is 27.8. The van der Waals surface area contributed by atoms with Crippen LogP contribution in [-0.4, -0.2) is 37.9 Å². The Kier molecular flexibility index (Phi) is 52.9. The van der Waals surface area contributed by atoms with E-state index in [0.717, 1.165) is 96.3 Å². The first-order chi connectivity index (χ1) is 31.6. The van der Waals surface area contributed by atoms with Crippen molar-refractivity contribution in [2.45, 2.75) is 284 Å². The molecule has 0 amide bonds. The van der Waals surface area contributed by atoms with Gasteiger partial charge in [-0.1, -0.05) is 242 Å². The van der Waals surface area contributed by atoms with Crippen LogP contribution in [0.4, 0.5) is 0 Å². The van der Waals surface area contributed by atoms with E-state index in [1.54, 1.807) is 0 Å². The van der Waals surface area contributed by atoms with Crippen LogP contribution < -0.4 is 0 Å². The molecule has 0 saturated carbocycles. The van der Waals surface area contributed by atoms with Gasteiger partial charge in [0.1, 0.15) is 6.61 Å². The normalized spacial score (nSPS) is 12.6. The Morgan fingerprint density at radius 2 is 0.703 bits per heavy atom. The fourth-order valence-corrected chi connectivity index (χ4v) is 7.91. The highest BCUT2D eigenvalue weighted by Gasteiger charge is 2.17. The summed E-state index contributed by atoms with van der Waals surface area (Å²) < 4.78 is 17.4. The van der Waals surface area contributed by atoms with Gasteiger partial charge in [0.25, 0.3) is 0 Å². The lowest BCUT2D eigenvalue weighted by Gasteiger charge is -2.18. The Labute approximate surface area is 398 Å². The average molecular weight is 895 g/mol. The molecule has 0 radical (unpaired) electrons. The Hall–Kier alpha value is -2.40. The number of carbonyl (C=O) groups excluding carboxylic acids is 2. The third kappa shape index (κ3) is 52.2. The predicted octanol–water partition coefficient (Wildman–Crippen LogP) is 18.9. The maximum absolute atomic E-state index is 12.8. The van der Waals surface area contributed by atoms with Gasteiger partial charge in [-0.3, -0.25) is 9.59 Å². The van der Waals surface area contributed by atoms with Crippen molar-refractivity contribution < 1.29 is 23.8 Å². The van der Waals surface area contributed by atoms with Gasteiger partial charge >= 0.3 is 11.9 Å². The topological polar surface area (TPSA) is 61.8 Å². The van der Waals surface area contributed by atoms with Gasteiger partial charge in [-0.2, -0.15) is 0 Å². The molecule has 0 aliphatic carbocycles. The third-order valence-corrected chi connectivity index (χ3v) is 12.0. The summed E-state index contributed by atoms with van der Waals surface area (Å²) in [7, 11) is 0. The molecule has 0 bridgehead atoms. The Morgan fingerprint density at radius 1 is 0.359 bits per heavy atom. The van der Waals surface area contributed by atoms with Crippen LogP contribution in [-0.2, 0) is 23.8 Å². The van der Waals surface area contributed by atoms with Crippen LogP contribution in [0.15, 0.2) is 60.8 Å². The zero-order valence-electron chi connectivity index (χ0n) is 42.8. The lowest BCUT2D eigenvalue weighted by atomic mass is 10.0. The lowest BCUT2D eigenvalue weighted by molar-refractivity contribution is -0.163. The molecular formula is C59H106O5. The average Bonchev–Trinajstić information content (AvgIpc) is 3.30. The fraction of sp³-hybridized carbons (Fsp3) is 0.797. The van der Waals surface area contributed by atoms with Crippen LogP contribution in [0.2, 0.25) is 0 Å². The third-order valence-electron chi connectivity index (χ3n) is 12.0. The van der Waals surface area contributed by atoms with E-state index >= 15 is 0 Å². The summed E-state index contributed by atoms with van der Waals surface area (Å²) in [5, 5.41) is 0. The molecule has 0 aliphatic rings. The summed E-state index contributed by atoms with van der Waals surface area (Å²) in [5.74, 6) is -0.423. The number of allylic oxidation sites excluding steroid dienone is 10. The molecule has 0 unspecified atom stereocenters. The number of carbonyl (C=O) groups is 2. The fourth-order valence-electron chi connectivity index (χ4n) is 7.91. The maximum Gasteiger partial charge on any atom is 0.306 e. The van der Waals surface area contributed by atoms with Gasteiger partial charge < -0.3 is 14.2 Å². The standard InChI is InChI=1S/C59H106O5/c1-4-7-10-13-16-19-22-25-28-30-32-34-37-40-43-46-49-52-58(60)63-56-57(55-62-54-51-48-45-42-39-36-33-29-26-23-20-17-14-11-8-5-2)64-59(61)53-50-47-44-41-38-35-31-27-24-21-18-15-12-9-6-3/h7,10,16,19,25,27-28,31-32,34,57H,4-6,8-9,11-15,17-18,20-24,26,29-30,33,35-56H2,1-3H3/b10-7-,19-16-,28-25-,31-27-,34-32-/t57-/m1/s1. The highest BCUT2D eigenvalue weighted by Crippen LogP contribution is 2.15. The molecule has 0 N–H and O–H groups in total. The van der Waals surface area contributed by atoms with Crippen molar-refractivity contribution in [2.75, 3.05) is 19.8 Å². The van der Waals surface area contributed by atoms with Crippen molar-refractivity contribution in [1.29, 1.82) is 0 Å². The van der Waals surface area contributed by atoms with Gasteiger partial charge in [0.2, 0.25) is 0 Å². The smallest absolute Gasteiger partial charge is 0.306 e. The monoisotopic (exact) mass is 895 g/mol. The second kappa shape index (κ2) is 54.9. The van der Waals surface area contributed by atoms with Gasteiger partial charge in [-0.15, -0.1) is 0 Å². The lowest BCUT2D eigenvalue weighted by Crippen LogP contribution is -2.30. The van der Waals surface area contributed by atoms with Crippen LogP contribution >= 0.6 is 0 Å². The Morgan fingerprint density at radius 3 is 1.14 bits per heavy atom. The summed E-state index contributed by atoms with van der Waals surface area (Å²) in [4.78, 5) is 25.5. The molecule has 0 aromatic carbocycles. The number of unbranched alkanes of at least 4 members (excludes halogenated alkanes) is 30. The second-order valence-electron chi connectivity index (χ2n) is 18.5. The highest BCUT2D eigenvalue weighted by atomic mass is 16.6. The molecule has 64 heavy (non-hydrogen) atoms.